The second-order valence-corrected chi connectivity index (χ2v) is 7.26. The lowest BCUT2D eigenvalue weighted by atomic mass is 10.2. The van der Waals surface area contributed by atoms with Gasteiger partial charge in [0.1, 0.15) is 0 Å². The van der Waals surface area contributed by atoms with E-state index in [1.807, 2.05) is 42.5 Å². The number of amides is 2. The molecular formula is C21H27N3O2S. The summed E-state index contributed by atoms with van der Waals surface area (Å²) < 4.78 is 0. The van der Waals surface area contributed by atoms with Crippen LogP contribution in [0, 0.1) is 0 Å². The Kier molecular flexibility index (Phi) is 7.73. The summed E-state index contributed by atoms with van der Waals surface area (Å²) in [7, 11) is 3.45. The van der Waals surface area contributed by atoms with Gasteiger partial charge in [0, 0.05) is 43.5 Å². The zero-order valence-corrected chi connectivity index (χ0v) is 17.2. The van der Waals surface area contributed by atoms with E-state index in [-0.39, 0.29) is 11.8 Å². The van der Waals surface area contributed by atoms with Crippen LogP contribution in [0.2, 0.25) is 0 Å². The first-order valence-corrected chi connectivity index (χ1v) is 10.0. The summed E-state index contributed by atoms with van der Waals surface area (Å²) >= 11 is 1.38. The van der Waals surface area contributed by atoms with Gasteiger partial charge in [-0.15, -0.1) is 11.8 Å². The molecule has 0 heterocycles. The molecule has 0 radical (unpaired) electrons. The summed E-state index contributed by atoms with van der Waals surface area (Å²) in [6, 6.07) is 15.2. The Morgan fingerprint density at radius 2 is 1.59 bits per heavy atom. The fourth-order valence-electron chi connectivity index (χ4n) is 2.59. The second-order valence-electron chi connectivity index (χ2n) is 6.25. The Morgan fingerprint density at radius 1 is 0.963 bits per heavy atom. The van der Waals surface area contributed by atoms with E-state index in [4.69, 9.17) is 0 Å². The number of nitrogens with one attached hydrogen (secondary N) is 1. The molecular weight excluding hydrogens is 358 g/mol. The topological polar surface area (TPSA) is 52.7 Å². The van der Waals surface area contributed by atoms with Gasteiger partial charge in [0.15, 0.2) is 0 Å². The third-order valence-corrected chi connectivity index (χ3v) is 5.29. The molecule has 2 amide bonds. The van der Waals surface area contributed by atoms with Gasteiger partial charge in [-0.3, -0.25) is 9.59 Å². The van der Waals surface area contributed by atoms with E-state index in [1.54, 1.807) is 25.1 Å². The molecule has 0 atom stereocenters. The summed E-state index contributed by atoms with van der Waals surface area (Å²) in [4.78, 5) is 29.1. The zero-order valence-electron chi connectivity index (χ0n) is 16.4. The molecule has 0 aliphatic rings. The first-order chi connectivity index (χ1) is 13.0. The van der Waals surface area contributed by atoms with Crippen molar-refractivity contribution in [3.05, 3.63) is 54.1 Å². The van der Waals surface area contributed by atoms with Gasteiger partial charge in [-0.1, -0.05) is 12.1 Å². The Labute approximate surface area is 165 Å². The molecule has 0 aliphatic heterocycles. The van der Waals surface area contributed by atoms with Crippen molar-refractivity contribution in [1.82, 2.24) is 4.90 Å². The normalized spacial score (nSPS) is 10.4. The van der Waals surface area contributed by atoms with Crippen LogP contribution in [-0.2, 0) is 4.79 Å². The highest BCUT2D eigenvalue weighted by atomic mass is 32.2. The number of carbonyl (C=O) groups is 2. The number of rotatable bonds is 8. The van der Waals surface area contributed by atoms with Crippen LogP contribution in [0.15, 0.2) is 53.4 Å². The summed E-state index contributed by atoms with van der Waals surface area (Å²) in [5.41, 5.74) is 2.46. The first-order valence-electron chi connectivity index (χ1n) is 9.04. The van der Waals surface area contributed by atoms with E-state index >= 15 is 0 Å². The minimum atomic E-state index is -0.175. The minimum Gasteiger partial charge on any atom is -0.372 e. The Balaban J connectivity index is 2.08. The van der Waals surface area contributed by atoms with Crippen molar-refractivity contribution in [2.24, 2.45) is 0 Å². The smallest absolute Gasteiger partial charge is 0.256 e. The van der Waals surface area contributed by atoms with Crippen molar-refractivity contribution in [2.75, 3.05) is 43.2 Å². The standard InChI is InChI=1S/C21H27N3O2S/c1-5-24(6-2)17-13-11-16(12-14-17)22-21(26)18-9-7-8-10-19(18)27-15-20(25)23(3)4/h7-14H,5-6,15H2,1-4H3,(H,22,26). The van der Waals surface area contributed by atoms with Crippen LogP contribution in [0.1, 0.15) is 24.2 Å². The van der Waals surface area contributed by atoms with Gasteiger partial charge in [-0.05, 0) is 50.2 Å². The fraction of sp³-hybridized carbons (Fsp3) is 0.333. The van der Waals surface area contributed by atoms with Crippen molar-refractivity contribution < 1.29 is 9.59 Å². The molecule has 0 aliphatic carbocycles. The number of hydrogen-bond acceptors (Lipinski definition) is 4. The maximum absolute atomic E-state index is 12.7. The predicted octanol–water partition coefficient (Wildman–Crippen LogP) is 3.97. The first kappa shape index (κ1) is 20.8. The molecule has 2 aromatic rings. The van der Waals surface area contributed by atoms with Crippen molar-refractivity contribution in [2.45, 2.75) is 18.7 Å². The van der Waals surface area contributed by atoms with E-state index in [0.717, 1.165) is 29.4 Å². The highest BCUT2D eigenvalue weighted by Gasteiger charge is 2.14. The fourth-order valence-corrected chi connectivity index (χ4v) is 3.62. The van der Waals surface area contributed by atoms with Gasteiger partial charge >= 0.3 is 0 Å². The average molecular weight is 386 g/mol. The van der Waals surface area contributed by atoms with Crippen LogP contribution >= 0.6 is 11.8 Å². The molecule has 27 heavy (non-hydrogen) atoms. The van der Waals surface area contributed by atoms with Crippen LogP contribution in [0.4, 0.5) is 11.4 Å². The molecule has 1 N–H and O–H groups in total. The lowest BCUT2D eigenvalue weighted by Crippen LogP contribution is -2.23. The lowest BCUT2D eigenvalue weighted by molar-refractivity contribution is -0.125. The van der Waals surface area contributed by atoms with E-state index in [0.29, 0.717) is 11.3 Å². The van der Waals surface area contributed by atoms with E-state index < -0.39 is 0 Å². The number of carbonyl (C=O) groups excluding carboxylic acids is 2. The monoisotopic (exact) mass is 385 g/mol. The van der Waals surface area contributed by atoms with E-state index in [1.165, 1.54) is 11.8 Å². The molecule has 0 saturated heterocycles. The van der Waals surface area contributed by atoms with Gasteiger partial charge in [-0.25, -0.2) is 0 Å². The van der Waals surface area contributed by atoms with Crippen molar-refractivity contribution in [3.8, 4) is 0 Å². The molecule has 0 spiro atoms. The molecule has 2 rings (SSSR count). The van der Waals surface area contributed by atoms with Crippen LogP contribution in [0.3, 0.4) is 0 Å². The number of benzene rings is 2. The Bertz CT molecular complexity index is 771. The summed E-state index contributed by atoms with van der Waals surface area (Å²) in [6.07, 6.45) is 0. The van der Waals surface area contributed by atoms with Crippen molar-refractivity contribution >= 4 is 35.0 Å². The molecule has 0 bridgehead atoms. The van der Waals surface area contributed by atoms with Crippen LogP contribution in [0.25, 0.3) is 0 Å². The average Bonchev–Trinajstić information content (AvgIpc) is 2.68. The third kappa shape index (κ3) is 5.76. The van der Waals surface area contributed by atoms with Gasteiger partial charge < -0.3 is 15.1 Å². The molecule has 0 unspecified atom stereocenters. The molecule has 0 fully saturated rings. The predicted molar refractivity (Wildman–Crippen MR) is 114 cm³/mol. The third-order valence-electron chi connectivity index (χ3n) is 4.24. The zero-order chi connectivity index (χ0) is 19.8. The minimum absolute atomic E-state index is 0.0159. The van der Waals surface area contributed by atoms with Crippen LogP contribution in [-0.4, -0.2) is 49.7 Å². The van der Waals surface area contributed by atoms with Crippen molar-refractivity contribution in [3.63, 3.8) is 0 Å². The summed E-state index contributed by atoms with van der Waals surface area (Å²) in [5, 5.41) is 2.95. The Morgan fingerprint density at radius 3 is 2.19 bits per heavy atom. The lowest BCUT2D eigenvalue weighted by Gasteiger charge is -2.21. The summed E-state index contributed by atoms with van der Waals surface area (Å²) in [6.45, 7) is 6.13. The quantitative estimate of drug-likeness (QED) is 0.699. The SMILES string of the molecule is CCN(CC)c1ccc(NC(=O)c2ccccc2SCC(=O)N(C)C)cc1. The highest BCUT2D eigenvalue weighted by Crippen LogP contribution is 2.24. The van der Waals surface area contributed by atoms with Crippen molar-refractivity contribution in [1.29, 1.82) is 0 Å². The van der Waals surface area contributed by atoms with Gasteiger partial charge in [0.2, 0.25) is 5.91 Å². The molecule has 0 aromatic heterocycles. The number of anilines is 2. The van der Waals surface area contributed by atoms with Gasteiger partial charge in [0.05, 0.1) is 11.3 Å². The Hall–Kier alpha value is -2.47. The molecule has 144 valence electrons. The molecule has 0 saturated carbocycles. The van der Waals surface area contributed by atoms with Gasteiger partial charge in [-0.2, -0.15) is 0 Å². The molecule has 6 heteroatoms. The number of hydrogen-bond donors (Lipinski definition) is 1. The van der Waals surface area contributed by atoms with Gasteiger partial charge in [0.25, 0.3) is 5.91 Å². The maximum Gasteiger partial charge on any atom is 0.256 e. The number of thioether (sulfide) groups is 1. The summed E-state index contributed by atoms with van der Waals surface area (Å²) in [5.74, 6) is 0.142. The maximum atomic E-state index is 12.7. The largest absolute Gasteiger partial charge is 0.372 e. The second kappa shape index (κ2) is 10.0. The molecule has 2 aromatic carbocycles. The van der Waals surface area contributed by atoms with Crippen LogP contribution < -0.4 is 10.2 Å². The number of nitrogens with zero attached hydrogens (tertiary/aromatic N) is 2. The van der Waals surface area contributed by atoms with E-state index in [9.17, 15) is 9.59 Å². The molecule has 5 nitrogen and oxygen atoms in total. The van der Waals surface area contributed by atoms with E-state index in [2.05, 4.69) is 24.1 Å². The highest BCUT2D eigenvalue weighted by molar-refractivity contribution is 8.00. The van der Waals surface area contributed by atoms with Crippen LogP contribution in [0.5, 0.6) is 0 Å².